The first-order valence-corrected chi connectivity index (χ1v) is 4.85. The second-order valence-corrected chi connectivity index (χ2v) is 3.55. The molecule has 0 bridgehead atoms. The van der Waals surface area contributed by atoms with Crippen molar-refractivity contribution in [3.63, 3.8) is 0 Å². The molecule has 1 aliphatic heterocycles. The molecule has 52 valence electrons. The molecule has 0 radical (unpaired) electrons. The predicted molar refractivity (Wildman–Crippen MR) is 36.5 cm³/mol. The van der Waals surface area contributed by atoms with Crippen molar-refractivity contribution in [1.82, 2.24) is 0 Å². The molecule has 0 spiro atoms. The predicted octanol–water partition coefficient (Wildman–Crippen LogP) is 1.34. The Labute approximate surface area is 64.7 Å². The van der Waals surface area contributed by atoms with Gasteiger partial charge in [-0.25, -0.2) is 0 Å². The van der Waals surface area contributed by atoms with Gasteiger partial charge in [-0.3, -0.25) is 0 Å². The molecule has 2 rings (SSSR count). The van der Waals surface area contributed by atoms with Gasteiger partial charge in [0.25, 0.3) is 0 Å². The number of rotatable bonds is 0. The molecule has 1 nitrogen and oxygen atoms in total. The van der Waals surface area contributed by atoms with Gasteiger partial charge in [-0.15, -0.1) is 0 Å². The topological polar surface area (TPSA) is 9.23 Å². The van der Waals surface area contributed by atoms with E-state index in [-0.39, 0.29) is 21.1 Å². The van der Waals surface area contributed by atoms with Crippen LogP contribution in [0.2, 0.25) is 0 Å². The molecule has 0 aromatic heterocycles. The summed E-state index contributed by atoms with van der Waals surface area (Å²) in [7, 11) is 0. The first-order valence-electron chi connectivity index (χ1n) is 2.94. The van der Waals surface area contributed by atoms with Crippen LogP contribution in [-0.4, -0.2) is 15.3 Å². The van der Waals surface area contributed by atoms with Crippen LogP contribution in [0.4, 0.5) is 4.39 Å². The van der Waals surface area contributed by atoms with Crippen LogP contribution in [0.1, 0.15) is 5.56 Å². The molecule has 1 aromatic carbocycles. The van der Waals surface area contributed by atoms with Gasteiger partial charge in [-0.1, -0.05) is 0 Å². The second-order valence-electron chi connectivity index (χ2n) is 2.10. The van der Waals surface area contributed by atoms with Crippen molar-refractivity contribution in [3.8, 4) is 5.75 Å². The molecule has 1 aliphatic rings. The van der Waals surface area contributed by atoms with E-state index in [9.17, 15) is 4.39 Å². The quantitative estimate of drug-likeness (QED) is 0.578. The van der Waals surface area contributed by atoms with Crippen molar-refractivity contribution in [2.75, 3.05) is 0 Å². The summed E-state index contributed by atoms with van der Waals surface area (Å²) in [5.74, 6) is 0.696. The zero-order chi connectivity index (χ0) is 6.97. The van der Waals surface area contributed by atoms with E-state index in [0.717, 1.165) is 16.6 Å². The van der Waals surface area contributed by atoms with E-state index in [1.807, 2.05) is 0 Å². The summed E-state index contributed by atoms with van der Waals surface area (Å²) in [5, 5.41) is 0.903. The number of halogens is 1. The summed E-state index contributed by atoms with van der Waals surface area (Å²) in [4.78, 5) is 0. The van der Waals surface area contributed by atoms with Crippen molar-refractivity contribution in [2.24, 2.45) is 0 Å². The summed E-state index contributed by atoms with van der Waals surface area (Å²) in [6, 6.07) is 4.67. The molecule has 0 aliphatic carbocycles. The molecule has 0 atom stereocenters. The van der Waals surface area contributed by atoms with Crippen LogP contribution in [0.3, 0.4) is 0 Å². The van der Waals surface area contributed by atoms with Gasteiger partial charge in [0.1, 0.15) is 0 Å². The Kier molecular flexibility index (Phi) is 1.40. The molecule has 3 heteroatoms. The zero-order valence-electron chi connectivity index (χ0n) is 5.13. The van der Waals surface area contributed by atoms with E-state index in [1.165, 1.54) is 6.07 Å². The first-order chi connectivity index (χ1) is 4.86. The number of fused-ring (bicyclic) bond motifs is 1. The minimum atomic E-state index is -0.167. The Balaban J connectivity index is 2.52. The van der Waals surface area contributed by atoms with Crippen molar-refractivity contribution in [1.29, 1.82) is 0 Å². The van der Waals surface area contributed by atoms with Gasteiger partial charge in [-0.05, 0) is 0 Å². The van der Waals surface area contributed by atoms with Crippen LogP contribution in [0.25, 0.3) is 0 Å². The van der Waals surface area contributed by atoms with Crippen molar-refractivity contribution in [3.05, 3.63) is 29.6 Å². The van der Waals surface area contributed by atoms with Crippen LogP contribution in [0.15, 0.2) is 18.2 Å². The van der Waals surface area contributed by atoms with Crippen molar-refractivity contribution in [2.45, 2.75) is 5.32 Å². The summed E-state index contributed by atoms with van der Waals surface area (Å²) < 4.78 is 17.8. The third-order valence-electron chi connectivity index (χ3n) is 1.39. The van der Waals surface area contributed by atoms with Crippen LogP contribution in [-0.2, 0) is 5.32 Å². The third-order valence-corrected chi connectivity index (χ3v) is 2.91. The summed E-state index contributed by atoms with van der Waals surface area (Å²) in [5.41, 5.74) is 1.01. The van der Waals surface area contributed by atoms with Crippen LogP contribution < -0.4 is 3.82 Å². The molecule has 10 heavy (non-hydrogen) atoms. The van der Waals surface area contributed by atoms with Crippen LogP contribution >= 0.6 is 0 Å². The van der Waals surface area contributed by atoms with Gasteiger partial charge in [0.05, 0.1) is 0 Å². The standard InChI is InChI=1S/C7H5FOSe/c8-6-1-2-7-5(3-6)4-10-9-7/h1-3H,4H2. The van der Waals surface area contributed by atoms with Gasteiger partial charge >= 0.3 is 64.1 Å². The van der Waals surface area contributed by atoms with Gasteiger partial charge in [0.15, 0.2) is 0 Å². The Hall–Kier alpha value is -0.531. The molecule has 0 saturated heterocycles. The van der Waals surface area contributed by atoms with Crippen molar-refractivity contribution >= 4 is 15.3 Å². The fourth-order valence-electron chi connectivity index (χ4n) is 0.899. The average Bonchev–Trinajstić information content (AvgIpc) is 2.33. The van der Waals surface area contributed by atoms with E-state index >= 15 is 0 Å². The zero-order valence-corrected chi connectivity index (χ0v) is 6.85. The third kappa shape index (κ3) is 0.916. The number of hydrogen-bond acceptors (Lipinski definition) is 1. The van der Waals surface area contributed by atoms with Crippen molar-refractivity contribution < 1.29 is 8.21 Å². The van der Waals surface area contributed by atoms with E-state index in [1.54, 1.807) is 12.1 Å². The maximum atomic E-state index is 12.5. The van der Waals surface area contributed by atoms with E-state index in [4.69, 9.17) is 3.82 Å². The fraction of sp³-hybridized carbons (Fsp3) is 0.143. The van der Waals surface area contributed by atoms with Crippen LogP contribution in [0.5, 0.6) is 5.75 Å². The molecular formula is C7H5FOSe. The second kappa shape index (κ2) is 2.26. The summed E-state index contributed by atoms with van der Waals surface area (Å²) >= 11 is 0.204. The van der Waals surface area contributed by atoms with Gasteiger partial charge in [-0.2, -0.15) is 0 Å². The number of hydrogen-bond donors (Lipinski definition) is 0. The average molecular weight is 203 g/mol. The van der Waals surface area contributed by atoms with E-state index < -0.39 is 0 Å². The molecular weight excluding hydrogens is 198 g/mol. The monoisotopic (exact) mass is 204 g/mol. The first kappa shape index (κ1) is 6.20. The molecule has 0 saturated carbocycles. The Morgan fingerprint density at radius 3 is 3.30 bits per heavy atom. The fourth-order valence-corrected chi connectivity index (χ4v) is 2.37. The summed E-state index contributed by atoms with van der Waals surface area (Å²) in [6.45, 7) is 0. The van der Waals surface area contributed by atoms with Crippen LogP contribution in [0, 0.1) is 5.82 Å². The maximum absolute atomic E-state index is 12.5. The Morgan fingerprint density at radius 2 is 2.40 bits per heavy atom. The molecule has 1 heterocycles. The molecule has 0 amide bonds. The molecule has 1 aromatic rings. The number of benzene rings is 1. The Bertz CT molecular complexity index is 262. The summed E-state index contributed by atoms with van der Waals surface area (Å²) in [6.07, 6.45) is 0. The molecule has 0 fully saturated rings. The van der Waals surface area contributed by atoms with E-state index in [2.05, 4.69) is 0 Å². The van der Waals surface area contributed by atoms with Gasteiger partial charge < -0.3 is 0 Å². The molecule has 0 unspecified atom stereocenters. The normalized spacial score (nSPS) is 14.5. The van der Waals surface area contributed by atoms with Gasteiger partial charge in [0.2, 0.25) is 0 Å². The van der Waals surface area contributed by atoms with Gasteiger partial charge in [0, 0.05) is 0 Å². The Morgan fingerprint density at radius 1 is 1.50 bits per heavy atom. The SMILES string of the molecule is Fc1ccc2c(c1)C[Se]O2. The van der Waals surface area contributed by atoms with E-state index in [0.29, 0.717) is 0 Å². The molecule has 0 N–H and O–H groups in total. The minimum absolute atomic E-state index is 0.167.